The number of carboxylic acid groups (broad SMARTS) is 1. The lowest BCUT2D eigenvalue weighted by Gasteiger charge is -2.12. The molecule has 1 unspecified atom stereocenters. The van der Waals surface area contributed by atoms with E-state index in [0.29, 0.717) is 15.7 Å². The first-order chi connectivity index (χ1) is 12.0. The van der Waals surface area contributed by atoms with Crippen molar-refractivity contribution in [2.45, 2.75) is 17.3 Å². The molecule has 3 aromatic rings. The van der Waals surface area contributed by atoms with Crippen molar-refractivity contribution in [3.05, 3.63) is 76.9 Å². The van der Waals surface area contributed by atoms with E-state index in [-0.39, 0.29) is 0 Å². The maximum absolute atomic E-state index is 11.7. The molecule has 0 fully saturated rings. The number of aromatic nitrogens is 2. The van der Waals surface area contributed by atoms with Gasteiger partial charge in [-0.05, 0) is 30.7 Å². The monoisotopic (exact) mass is 370 g/mol. The molecule has 1 aromatic heterocycles. The Kier molecular flexibility index (Phi) is 5.36. The highest BCUT2D eigenvalue weighted by Crippen LogP contribution is 2.34. The van der Waals surface area contributed by atoms with Crippen LogP contribution in [0.15, 0.2) is 65.8 Å². The molecule has 4 nitrogen and oxygen atoms in total. The fourth-order valence-corrected chi connectivity index (χ4v) is 3.44. The van der Waals surface area contributed by atoms with Crippen molar-refractivity contribution in [1.82, 2.24) is 9.97 Å². The maximum Gasteiger partial charge on any atom is 0.321 e. The van der Waals surface area contributed by atoms with Gasteiger partial charge in [-0.1, -0.05) is 65.8 Å². The van der Waals surface area contributed by atoms with E-state index in [1.54, 1.807) is 24.3 Å². The van der Waals surface area contributed by atoms with Crippen LogP contribution in [0.1, 0.15) is 16.5 Å². The molecule has 0 spiro atoms. The topological polar surface area (TPSA) is 63.1 Å². The van der Waals surface area contributed by atoms with Gasteiger partial charge < -0.3 is 5.11 Å². The zero-order valence-electron chi connectivity index (χ0n) is 13.4. The number of nitrogens with zero attached hydrogens (tertiary/aromatic N) is 2. The van der Waals surface area contributed by atoms with Crippen LogP contribution in [0.5, 0.6) is 0 Å². The number of aryl methyl sites for hydroxylation is 1. The van der Waals surface area contributed by atoms with Crippen molar-refractivity contribution in [1.29, 1.82) is 0 Å². The molecule has 126 valence electrons. The Bertz CT molecular complexity index is 886. The third-order valence-corrected chi connectivity index (χ3v) is 4.88. The number of hydrogen-bond donors (Lipinski definition) is 1. The molecular formula is C19H15ClN2O2S. The SMILES string of the molecule is Cc1cc(-c2ccc(Cl)cc2)nc(SC(C(=O)O)c2ccccc2)n1. The molecule has 0 bridgehead atoms. The number of rotatable bonds is 5. The highest BCUT2D eigenvalue weighted by Gasteiger charge is 2.23. The molecule has 0 radical (unpaired) electrons. The number of hydrogen-bond acceptors (Lipinski definition) is 4. The first-order valence-corrected chi connectivity index (χ1v) is 8.85. The second kappa shape index (κ2) is 7.68. The van der Waals surface area contributed by atoms with Gasteiger partial charge in [0, 0.05) is 16.3 Å². The zero-order chi connectivity index (χ0) is 17.8. The van der Waals surface area contributed by atoms with Crippen molar-refractivity contribution in [3.8, 4) is 11.3 Å². The summed E-state index contributed by atoms with van der Waals surface area (Å²) in [5.41, 5.74) is 3.13. The molecule has 1 atom stereocenters. The third-order valence-electron chi connectivity index (χ3n) is 3.52. The lowest BCUT2D eigenvalue weighted by atomic mass is 10.1. The van der Waals surface area contributed by atoms with Crippen LogP contribution in [0.25, 0.3) is 11.3 Å². The molecule has 1 N–H and O–H groups in total. The van der Waals surface area contributed by atoms with Crippen LogP contribution in [0.3, 0.4) is 0 Å². The lowest BCUT2D eigenvalue weighted by molar-refractivity contribution is -0.136. The van der Waals surface area contributed by atoms with E-state index in [0.717, 1.165) is 28.7 Å². The lowest BCUT2D eigenvalue weighted by Crippen LogP contribution is -2.09. The normalized spacial score (nSPS) is 11.9. The molecule has 2 aromatic carbocycles. The van der Waals surface area contributed by atoms with Gasteiger partial charge in [0.1, 0.15) is 5.25 Å². The predicted octanol–water partition coefficient (Wildman–Crippen LogP) is 5.02. The van der Waals surface area contributed by atoms with E-state index in [1.807, 2.05) is 43.3 Å². The predicted molar refractivity (Wildman–Crippen MR) is 99.9 cm³/mol. The number of carbonyl (C=O) groups is 1. The van der Waals surface area contributed by atoms with Gasteiger partial charge in [-0.25, -0.2) is 9.97 Å². The molecule has 3 rings (SSSR count). The summed E-state index contributed by atoms with van der Waals surface area (Å²) in [5, 5.41) is 9.90. The van der Waals surface area contributed by atoms with Gasteiger partial charge in [-0.3, -0.25) is 4.79 Å². The minimum Gasteiger partial charge on any atom is -0.480 e. The molecule has 0 aliphatic rings. The summed E-state index contributed by atoms with van der Waals surface area (Å²) < 4.78 is 0. The second-order valence-electron chi connectivity index (χ2n) is 5.43. The average molecular weight is 371 g/mol. The van der Waals surface area contributed by atoms with E-state index in [9.17, 15) is 9.90 Å². The van der Waals surface area contributed by atoms with Crippen LogP contribution in [0, 0.1) is 6.92 Å². The summed E-state index contributed by atoms with van der Waals surface area (Å²) in [5.74, 6) is -0.922. The molecule has 0 amide bonds. The molecule has 0 aliphatic heterocycles. The minimum atomic E-state index is -0.922. The number of thioether (sulfide) groups is 1. The van der Waals surface area contributed by atoms with Crippen LogP contribution in [-0.2, 0) is 4.79 Å². The Labute approximate surface area is 154 Å². The highest BCUT2D eigenvalue weighted by atomic mass is 35.5. The van der Waals surface area contributed by atoms with E-state index >= 15 is 0 Å². The van der Waals surface area contributed by atoms with Gasteiger partial charge in [0.15, 0.2) is 5.16 Å². The molecular weight excluding hydrogens is 356 g/mol. The minimum absolute atomic E-state index is 0.432. The number of aliphatic carboxylic acids is 1. The van der Waals surface area contributed by atoms with Crippen molar-refractivity contribution in [2.24, 2.45) is 0 Å². The fraction of sp³-hybridized carbons (Fsp3) is 0.105. The number of carboxylic acids is 1. The smallest absolute Gasteiger partial charge is 0.321 e. The summed E-state index contributed by atoms with van der Waals surface area (Å²) in [6.07, 6.45) is 0. The van der Waals surface area contributed by atoms with Gasteiger partial charge in [-0.15, -0.1) is 0 Å². The summed E-state index contributed by atoms with van der Waals surface area (Å²) >= 11 is 7.06. The largest absolute Gasteiger partial charge is 0.480 e. The molecule has 0 aliphatic carbocycles. The van der Waals surface area contributed by atoms with Gasteiger partial charge in [0.05, 0.1) is 5.69 Å². The van der Waals surface area contributed by atoms with Gasteiger partial charge in [0.25, 0.3) is 0 Å². The molecule has 6 heteroatoms. The van der Waals surface area contributed by atoms with E-state index in [1.165, 1.54) is 0 Å². The van der Waals surface area contributed by atoms with Crippen LogP contribution >= 0.6 is 23.4 Å². The van der Waals surface area contributed by atoms with Gasteiger partial charge >= 0.3 is 5.97 Å². The average Bonchev–Trinajstić information content (AvgIpc) is 2.60. The molecule has 25 heavy (non-hydrogen) atoms. The van der Waals surface area contributed by atoms with E-state index < -0.39 is 11.2 Å². The zero-order valence-corrected chi connectivity index (χ0v) is 15.0. The summed E-state index contributed by atoms with van der Waals surface area (Å²) in [4.78, 5) is 20.6. The van der Waals surface area contributed by atoms with Crippen LogP contribution < -0.4 is 0 Å². The Morgan fingerprint density at radius 3 is 2.40 bits per heavy atom. The van der Waals surface area contributed by atoms with E-state index in [2.05, 4.69) is 9.97 Å². The molecule has 1 heterocycles. The van der Waals surface area contributed by atoms with Crippen molar-refractivity contribution < 1.29 is 9.90 Å². The first kappa shape index (κ1) is 17.5. The standard InChI is InChI=1S/C19H15ClN2O2S/c1-12-11-16(13-7-9-15(20)10-8-13)22-19(21-12)25-17(18(23)24)14-5-3-2-4-6-14/h2-11,17H,1H3,(H,23,24). The van der Waals surface area contributed by atoms with Crippen LogP contribution in [0.2, 0.25) is 5.02 Å². The Morgan fingerprint density at radius 2 is 1.76 bits per heavy atom. The van der Waals surface area contributed by atoms with Gasteiger partial charge in [0.2, 0.25) is 0 Å². The Morgan fingerprint density at radius 1 is 1.08 bits per heavy atom. The first-order valence-electron chi connectivity index (χ1n) is 7.59. The van der Waals surface area contributed by atoms with Crippen molar-refractivity contribution in [3.63, 3.8) is 0 Å². The van der Waals surface area contributed by atoms with E-state index in [4.69, 9.17) is 11.6 Å². The Balaban J connectivity index is 1.94. The quantitative estimate of drug-likeness (QED) is 0.504. The molecule has 0 saturated heterocycles. The Hall–Kier alpha value is -2.37. The second-order valence-corrected chi connectivity index (χ2v) is 6.94. The maximum atomic E-state index is 11.7. The fourth-order valence-electron chi connectivity index (χ4n) is 2.36. The third kappa shape index (κ3) is 4.38. The summed E-state index contributed by atoms with van der Waals surface area (Å²) in [6, 6.07) is 18.3. The number of benzene rings is 2. The number of halogens is 1. The van der Waals surface area contributed by atoms with Crippen LogP contribution in [0.4, 0.5) is 0 Å². The van der Waals surface area contributed by atoms with Crippen LogP contribution in [-0.4, -0.2) is 21.0 Å². The molecule has 0 saturated carbocycles. The summed E-state index contributed by atoms with van der Waals surface area (Å²) in [6.45, 7) is 1.86. The van der Waals surface area contributed by atoms with Crippen molar-refractivity contribution in [2.75, 3.05) is 0 Å². The highest BCUT2D eigenvalue weighted by molar-refractivity contribution is 8.00. The van der Waals surface area contributed by atoms with Gasteiger partial charge in [-0.2, -0.15) is 0 Å². The summed E-state index contributed by atoms with van der Waals surface area (Å²) in [7, 11) is 0. The van der Waals surface area contributed by atoms with Crippen molar-refractivity contribution >= 4 is 29.3 Å².